The van der Waals surface area contributed by atoms with Crippen molar-refractivity contribution in [1.29, 1.82) is 0 Å². The molecule has 21 aromatic rings. The number of rotatable bonds is 12. The second-order valence-electron chi connectivity index (χ2n) is 28.1. The first-order valence-corrected chi connectivity index (χ1v) is 36.8. The van der Waals surface area contributed by atoms with Gasteiger partial charge >= 0.3 is 0 Å². The number of aromatic nitrogens is 1. The summed E-state index contributed by atoms with van der Waals surface area (Å²) < 4.78 is 17.5. The summed E-state index contributed by atoms with van der Waals surface area (Å²) in [5, 5.41) is 11.4. The predicted molar refractivity (Wildman–Crippen MR) is 450 cm³/mol. The third-order valence-electron chi connectivity index (χ3n) is 21.9. The van der Waals surface area contributed by atoms with Crippen LogP contribution >= 0.6 is 0 Å². The van der Waals surface area contributed by atoms with Gasteiger partial charge in [0.05, 0.1) is 11.0 Å². The fourth-order valence-electron chi connectivity index (χ4n) is 16.9. The minimum atomic E-state index is 0.835. The predicted octanol–water partition coefficient (Wildman–Crippen LogP) is 29.2. The van der Waals surface area contributed by atoms with Crippen molar-refractivity contribution >= 4 is 87.2 Å². The molecule has 0 aliphatic heterocycles. The van der Waals surface area contributed by atoms with Gasteiger partial charge in [-0.1, -0.05) is 315 Å². The summed E-state index contributed by atoms with van der Waals surface area (Å²) in [4.78, 5) is 0. The first-order chi connectivity index (χ1) is 53.0. The molecule has 0 spiro atoms. The van der Waals surface area contributed by atoms with Crippen LogP contribution in [-0.2, 0) is 0 Å². The number of benzene rings is 18. The SMILES string of the molecule is c1ccc(-c2cc(-c3ccccc3)c3oc4c(-c5ccc6c7ccc(-c8cc(-c9ccccc9)cc9c8oc8c(-c%10ccccc%10)cc(-c%10ccccc%10)cc89)cc7n(-c7cccc(-c8ccc9c(-c%10ccccc%10)c%10ccccc%10c(-c%10ccccc%10)c9c8)c7)c6c5)cc(-c5ccccc5)cc4c3c2)cc1. The third-order valence-corrected chi connectivity index (χ3v) is 21.9. The molecule has 0 amide bonds. The molecule has 0 fully saturated rings. The van der Waals surface area contributed by atoms with Gasteiger partial charge in [0.15, 0.2) is 0 Å². The van der Waals surface area contributed by atoms with Gasteiger partial charge in [0.25, 0.3) is 0 Å². The fourth-order valence-corrected chi connectivity index (χ4v) is 16.9. The summed E-state index contributed by atoms with van der Waals surface area (Å²) in [6.45, 7) is 0. The molecule has 0 aliphatic carbocycles. The van der Waals surface area contributed by atoms with Crippen molar-refractivity contribution in [2.45, 2.75) is 0 Å². The molecule has 0 unspecified atom stereocenters. The Morgan fingerprint density at radius 3 is 0.794 bits per heavy atom. The molecular formula is C104H65NO2. The molecule has 21 rings (SSSR count). The standard InChI is InChI=1S/C104H65NO2/c1-9-28-66(29-10-1)78-56-88(70-36-17-5-18-37-70)101-93(60-78)95-62-80(68-32-13-3-14-33-68)58-90(103(95)106-101)76-49-51-83-84-52-50-77(91-59-81(69-34-15-4-16-35-69)63-96-94-61-79(67-30-11-2-12-31-67)57-89(102(94)107-104(91)96)71-38-19-6-20-39-71)65-98(84)105(97(83)64-76)82-45-27-44-74(54-82)75-48-53-87-92(55-75)100(73-42-23-8-24-43-73)86-47-26-25-46-85(86)99(87)72-40-21-7-22-41-72/h1-65H. The molecule has 3 heteroatoms. The van der Waals surface area contributed by atoms with Gasteiger partial charge in [-0.3, -0.25) is 0 Å². The van der Waals surface area contributed by atoms with Gasteiger partial charge in [0.2, 0.25) is 0 Å². The Labute approximate surface area is 619 Å². The summed E-state index contributed by atoms with van der Waals surface area (Å²) in [5.74, 6) is 0. The molecule has 3 nitrogen and oxygen atoms in total. The average Bonchev–Trinajstić information content (AvgIpc) is 1.66. The van der Waals surface area contributed by atoms with E-state index in [9.17, 15) is 0 Å². The lowest BCUT2D eigenvalue weighted by molar-refractivity contribution is 0.671. The van der Waals surface area contributed by atoms with Crippen molar-refractivity contribution in [1.82, 2.24) is 4.57 Å². The van der Waals surface area contributed by atoms with Crippen LogP contribution in [0.25, 0.3) is 215 Å². The topological polar surface area (TPSA) is 31.2 Å². The second kappa shape index (κ2) is 25.4. The van der Waals surface area contributed by atoms with E-state index < -0.39 is 0 Å². The van der Waals surface area contributed by atoms with Crippen LogP contribution in [0.2, 0.25) is 0 Å². The Bertz CT molecular complexity index is 6740. The molecule has 0 saturated heterocycles. The lowest BCUT2D eigenvalue weighted by Gasteiger charge is -2.19. The molecule has 3 heterocycles. The second-order valence-corrected chi connectivity index (χ2v) is 28.1. The van der Waals surface area contributed by atoms with Gasteiger partial charge < -0.3 is 13.4 Å². The third kappa shape index (κ3) is 10.5. The minimum absolute atomic E-state index is 0.835. The van der Waals surface area contributed by atoms with Gasteiger partial charge in [-0.15, -0.1) is 0 Å². The van der Waals surface area contributed by atoms with E-state index in [-0.39, 0.29) is 0 Å². The van der Waals surface area contributed by atoms with E-state index >= 15 is 0 Å². The molecule has 3 aromatic heterocycles. The zero-order valence-electron chi connectivity index (χ0n) is 58.3. The first kappa shape index (κ1) is 61.5. The van der Waals surface area contributed by atoms with Crippen LogP contribution < -0.4 is 0 Å². The Balaban J connectivity index is 0.829. The molecule has 498 valence electrons. The Morgan fingerprint density at radius 2 is 0.421 bits per heavy atom. The highest BCUT2D eigenvalue weighted by atomic mass is 16.3. The van der Waals surface area contributed by atoms with Crippen LogP contribution in [0.5, 0.6) is 0 Å². The molecular weight excluding hydrogens is 1300 g/mol. The normalized spacial score (nSPS) is 11.7. The molecule has 0 aliphatic rings. The first-order valence-electron chi connectivity index (χ1n) is 36.8. The highest BCUT2D eigenvalue weighted by Gasteiger charge is 2.26. The minimum Gasteiger partial charge on any atom is -0.455 e. The Morgan fingerprint density at radius 1 is 0.150 bits per heavy atom. The van der Waals surface area contributed by atoms with E-state index in [0.717, 1.165) is 172 Å². The largest absolute Gasteiger partial charge is 0.455 e. The summed E-state index contributed by atoms with van der Waals surface area (Å²) in [7, 11) is 0. The van der Waals surface area contributed by atoms with E-state index in [0.29, 0.717) is 0 Å². The van der Waals surface area contributed by atoms with E-state index in [4.69, 9.17) is 8.83 Å². The van der Waals surface area contributed by atoms with Crippen molar-refractivity contribution < 1.29 is 8.83 Å². The lowest BCUT2D eigenvalue weighted by Crippen LogP contribution is -1.96. The maximum Gasteiger partial charge on any atom is 0.143 e. The molecule has 107 heavy (non-hydrogen) atoms. The number of furan rings is 2. The van der Waals surface area contributed by atoms with E-state index in [2.05, 4.69) is 399 Å². The maximum absolute atomic E-state index is 7.49. The van der Waals surface area contributed by atoms with E-state index in [1.807, 2.05) is 0 Å². The van der Waals surface area contributed by atoms with Gasteiger partial charge in [0.1, 0.15) is 22.3 Å². The summed E-state index contributed by atoms with van der Waals surface area (Å²) in [6, 6.07) is 144. The Kier molecular flexibility index (Phi) is 14.6. The van der Waals surface area contributed by atoms with Crippen LogP contribution in [0.1, 0.15) is 0 Å². The number of hydrogen-bond acceptors (Lipinski definition) is 2. The van der Waals surface area contributed by atoms with Crippen molar-refractivity contribution in [2.24, 2.45) is 0 Å². The Hall–Kier alpha value is -14.1. The van der Waals surface area contributed by atoms with Gasteiger partial charge in [-0.25, -0.2) is 0 Å². The summed E-state index contributed by atoms with van der Waals surface area (Å²) >= 11 is 0. The van der Waals surface area contributed by atoms with Crippen molar-refractivity contribution in [3.05, 3.63) is 394 Å². The zero-order chi connectivity index (χ0) is 70.5. The smallest absolute Gasteiger partial charge is 0.143 e. The van der Waals surface area contributed by atoms with E-state index in [1.54, 1.807) is 0 Å². The quantitative estimate of drug-likeness (QED) is 0.114. The molecule has 0 saturated carbocycles. The molecule has 0 atom stereocenters. The van der Waals surface area contributed by atoms with Gasteiger partial charge in [0, 0.05) is 60.3 Å². The van der Waals surface area contributed by atoms with Gasteiger partial charge in [-0.05, 0) is 201 Å². The highest BCUT2D eigenvalue weighted by Crippen LogP contribution is 2.50. The molecule has 0 bridgehead atoms. The number of nitrogens with zero attached hydrogens (tertiary/aromatic N) is 1. The van der Waals surface area contributed by atoms with Crippen molar-refractivity contribution in [3.8, 4) is 128 Å². The monoisotopic (exact) mass is 1360 g/mol. The van der Waals surface area contributed by atoms with Gasteiger partial charge in [-0.2, -0.15) is 0 Å². The maximum atomic E-state index is 7.49. The van der Waals surface area contributed by atoms with E-state index in [1.165, 1.54) is 43.8 Å². The molecule has 18 aromatic carbocycles. The highest BCUT2D eigenvalue weighted by molar-refractivity contribution is 6.23. The summed E-state index contributed by atoms with van der Waals surface area (Å²) in [5.41, 5.74) is 31.0. The number of fused-ring (bicyclic) bond motifs is 11. The fraction of sp³-hybridized carbons (Fsp3) is 0. The van der Waals surface area contributed by atoms with Crippen LogP contribution in [0.15, 0.2) is 403 Å². The lowest BCUT2D eigenvalue weighted by atomic mass is 9.85. The summed E-state index contributed by atoms with van der Waals surface area (Å²) in [6.07, 6.45) is 0. The average molecular weight is 1360 g/mol. The number of hydrogen-bond donors (Lipinski definition) is 0. The molecule has 0 radical (unpaired) electrons. The zero-order valence-corrected chi connectivity index (χ0v) is 58.3. The van der Waals surface area contributed by atoms with Crippen molar-refractivity contribution in [3.63, 3.8) is 0 Å². The van der Waals surface area contributed by atoms with Crippen LogP contribution in [0, 0.1) is 0 Å². The van der Waals surface area contributed by atoms with Crippen LogP contribution in [-0.4, -0.2) is 4.57 Å². The van der Waals surface area contributed by atoms with Crippen LogP contribution in [0.4, 0.5) is 0 Å². The van der Waals surface area contributed by atoms with Crippen molar-refractivity contribution in [2.75, 3.05) is 0 Å². The van der Waals surface area contributed by atoms with Crippen LogP contribution in [0.3, 0.4) is 0 Å². The molecule has 0 N–H and O–H groups in total.